The molecule has 0 fully saturated rings. The molecule has 0 aromatic heterocycles. The first kappa shape index (κ1) is 22.6. The Morgan fingerprint density at radius 2 is 1.21 bits per heavy atom. The van der Waals surface area contributed by atoms with Crippen LogP contribution in [0, 0.1) is 0 Å². The molecule has 0 aliphatic heterocycles. The van der Waals surface area contributed by atoms with Crippen LogP contribution in [-0.4, -0.2) is 13.6 Å². The lowest BCUT2D eigenvalue weighted by Crippen LogP contribution is -2.08. The van der Waals surface area contributed by atoms with Crippen molar-refractivity contribution in [2.45, 2.75) is 40.0 Å². The second-order valence-corrected chi connectivity index (χ2v) is 6.84. The van der Waals surface area contributed by atoms with Crippen molar-refractivity contribution in [3.05, 3.63) is 107 Å². The third kappa shape index (κ3) is 6.44. The molecule has 1 nitrogen and oxygen atoms in total. The maximum atomic E-state index is 3.22. The van der Waals surface area contributed by atoms with Gasteiger partial charge >= 0.3 is 0 Å². The maximum absolute atomic E-state index is 3.22. The summed E-state index contributed by atoms with van der Waals surface area (Å²) in [6.07, 6.45) is 3.28. The van der Waals surface area contributed by atoms with Crippen molar-refractivity contribution in [3.63, 3.8) is 0 Å². The largest absolute Gasteiger partial charge is 0.320 e. The molecule has 0 heterocycles. The topological polar surface area (TPSA) is 12.0 Å². The molecular weight excluding hydrogens is 350 g/mol. The summed E-state index contributed by atoms with van der Waals surface area (Å²) in [5.74, 6) is 0. The fourth-order valence-corrected chi connectivity index (χ4v) is 3.59. The fraction of sp³-hybridized carbons (Fsp3) is 0.286. The van der Waals surface area contributed by atoms with E-state index in [4.69, 9.17) is 0 Å². The highest BCUT2D eigenvalue weighted by atomic mass is 14.8. The van der Waals surface area contributed by atoms with Crippen LogP contribution in [0.15, 0.2) is 84.9 Å². The van der Waals surface area contributed by atoms with Crippen molar-refractivity contribution in [1.29, 1.82) is 0 Å². The number of hydrogen-bond donors (Lipinski definition) is 1. The number of benzene rings is 3. The van der Waals surface area contributed by atoms with Gasteiger partial charge in [0.2, 0.25) is 0 Å². The summed E-state index contributed by atoms with van der Waals surface area (Å²) in [7, 11) is 2.01. The van der Waals surface area contributed by atoms with Gasteiger partial charge in [0.1, 0.15) is 0 Å². The van der Waals surface area contributed by atoms with Crippen LogP contribution in [-0.2, 0) is 6.42 Å². The zero-order chi connectivity index (χ0) is 20.9. The Hall–Kier alpha value is -2.64. The number of hydrogen-bond acceptors (Lipinski definition) is 1. The van der Waals surface area contributed by atoms with Gasteiger partial charge in [0.05, 0.1) is 0 Å². The Kier molecular flexibility index (Phi) is 9.95. The van der Waals surface area contributed by atoms with Crippen molar-refractivity contribution in [2.24, 2.45) is 0 Å². The molecule has 0 spiro atoms. The van der Waals surface area contributed by atoms with Gasteiger partial charge in [0, 0.05) is 0 Å². The Morgan fingerprint density at radius 3 is 1.72 bits per heavy atom. The number of aryl methyl sites for hydroxylation is 1. The third-order valence-electron chi connectivity index (χ3n) is 4.97. The van der Waals surface area contributed by atoms with E-state index in [0.29, 0.717) is 0 Å². The number of rotatable bonds is 8. The summed E-state index contributed by atoms with van der Waals surface area (Å²) in [4.78, 5) is 0. The number of allylic oxidation sites excluding steroid dienone is 1. The minimum absolute atomic E-state index is 0.998. The molecule has 1 heteroatoms. The molecule has 0 radical (unpaired) electrons. The van der Waals surface area contributed by atoms with Gasteiger partial charge < -0.3 is 5.32 Å². The van der Waals surface area contributed by atoms with Crippen LogP contribution in [0.4, 0.5) is 0 Å². The van der Waals surface area contributed by atoms with Crippen LogP contribution in [0.3, 0.4) is 0 Å². The summed E-state index contributed by atoms with van der Waals surface area (Å²) in [6, 6.07) is 30.7. The van der Waals surface area contributed by atoms with E-state index in [-0.39, 0.29) is 0 Å². The summed E-state index contributed by atoms with van der Waals surface area (Å²) >= 11 is 0. The van der Waals surface area contributed by atoms with Crippen LogP contribution in [0.5, 0.6) is 0 Å². The van der Waals surface area contributed by atoms with Crippen LogP contribution in [0.25, 0.3) is 11.1 Å². The summed E-state index contributed by atoms with van der Waals surface area (Å²) in [6.45, 7) is 7.31. The second-order valence-electron chi connectivity index (χ2n) is 6.84. The van der Waals surface area contributed by atoms with E-state index in [2.05, 4.69) is 97.2 Å². The molecule has 0 saturated carbocycles. The van der Waals surface area contributed by atoms with Crippen molar-refractivity contribution in [3.8, 4) is 0 Å². The standard InChI is InChI=1S/C26H29N.C2H6/c1-3-25(22-12-6-4-7-13-22)26(23-14-8-5-9-15-23)24-18-16-21(17-19-24)11-10-20-27-2;1-2/h4-9,12-19,27H,3,10-11,20H2,1-2H3;1-2H3/b26-25-;. The predicted molar refractivity (Wildman–Crippen MR) is 129 cm³/mol. The Labute approximate surface area is 177 Å². The number of nitrogens with one attached hydrogen (secondary N) is 1. The zero-order valence-electron chi connectivity index (χ0n) is 18.4. The van der Waals surface area contributed by atoms with Gasteiger partial charge in [-0.2, -0.15) is 0 Å². The average Bonchev–Trinajstić information content (AvgIpc) is 2.81. The van der Waals surface area contributed by atoms with Crippen LogP contribution in [0.1, 0.15) is 55.9 Å². The van der Waals surface area contributed by atoms with Crippen LogP contribution < -0.4 is 5.32 Å². The molecule has 29 heavy (non-hydrogen) atoms. The van der Waals surface area contributed by atoms with Gasteiger partial charge in [0.25, 0.3) is 0 Å². The molecule has 0 aliphatic rings. The van der Waals surface area contributed by atoms with E-state index in [1.807, 2.05) is 20.9 Å². The molecular formula is C28H35N. The first-order valence-corrected chi connectivity index (χ1v) is 10.9. The quantitative estimate of drug-likeness (QED) is 0.318. The molecule has 3 aromatic rings. The Morgan fingerprint density at radius 1 is 0.690 bits per heavy atom. The Bertz CT molecular complexity index is 846. The lowest BCUT2D eigenvalue weighted by Gasteiger charge is -2.16. The van der Waals surface area contributed by atoms with Gasteiger partial charge in [-0.1, -0.05) is 106 Å². The molecule has 0 bridgehead atoms. The van der Waals surface area contributed by atoms with Crippen LogP contribution >= 0.6 is 0 Å². The minimum atomic E-state index is 0.998. The molecule has 152 valence electrons. The van der Waals surface area contributed by atoms with Crippen LogP contribution in [0.2, 0.25) is 0 Å². The second kappa shape index (κ2) is 12.7. The zero-order valence-corrected chi connectivity index (χ0v) is 18.4. The smallest absolute Gasteiger partial charge is 0.00488 e. The lowest BCUT2D eigenvalue weighted by atomic mass is 9.88. The molecule has 0 atom stereocenters. The highest BCUT2D eigenvalue weighted by Crippen LogP contribution is 2.34. The van der Waals surface area contributed by atoms with Gasteiger partial charge in [-0.25, -0.2) is 0 Å². The van der Waals surface area contributed by atoms with E-state index < -0.39 is 0 Å². The molecule has 1 N–H and O–H groups in total. The summed E-state index contributed by atoms with van der Waals surface area (Å²) in [5, 5.41) is 3.22. The normalized spacial score (nSPS) is 11.3. The Balaban J connectivity index is 0.00000145. The molecule has 3 rings (SSSR count). The average molecular weight is 386 g/mol. The van der Waals surface area contributed by atoms with Crippen molar-refractivity contribution in [2.75, 3.05) is 13.6 Å². The SMILES string of the molecule is CC.CC/C(=C(\c1ccccc1)c1ccc(CCCNC)cc1)c1ccccc1. The van der Waals surface area contributed by atoms with Crippen molar-refractivity contribution in [1.82, 2.24) is 5.32 Å². The van der Waals surface area contributed by atoms with E-state index >= 15 is 0 Å². The lowest BCUT2D eigenvalue weighted by molar-refractivity contribution is 0.725. The van der Waals surface area contributed by atoms with E-state index in [1.165, 1.54) is 39.8 Å². The van der Waals surface area contributed by atoms with E-state index in [0.717, 1.165) is 19.4 Å². The van der Waals surface area contributed by atoms with E-state index in [9.17, 15) is 0 Å². The molecule has 0 aliphatic carbocycles. The highest BCUT2D eigenvalue weighted by molar-refractivity contribution is 5.98. The summed E-state index contributed by atoms with van der Waals surface area (Å²) in [5.41, 5.74) is 8.01. The summed E-state index contributed by atoms with van der Waals surface area (Å²) < 4.78 is 0. The molecule has 0 amide bonds. The molecule has 0 saturated heterocycles. The van der Waals surface area contributed by atoms with Gasteiger partial charge in [-0.05, 0) is 66.3 Å². The highest BCUT2D eigenvalue weighted by Gasteiger charge is 2.12. The predicted octanol–water partition coefficient (Wildman–Crippen LogP) is 7.23. The third-order valence-corrected chi connectivity index (χ3v) is 4.97. The van der Waals surface area contributed by atoms with Crippen molar-refractivity contribution < 1.29 is 0 Å². The first-order valence-electron chi connectivity index (χ1n) is 10.9. The van der Waals surface area contributed by atoms with Gasteiger partial charge in [-0.3, -0.25) is 0 Å². The molecule has 3 aromatic carbocycles. The van der Waals surface area contributed by atoms with E-state index in [1.54, 1.807) is 0 Å². The molecule has 0 unspecified atom stereocenters. The minimum Gasteiger partial charge on any atom is -0.320 e. The maximum Gasteiger partial charge on any atom is -0.00488 e. The van der Waals surface area contributed by atoms with Crippen molar-refractivity contribution >= 4 is 11.1 Å². The van der Waals surface area contributed by atoms with Gasteiger partial charge in [0.15, 0.2) is 0 Å². The fourth-order valence-electron chi connectivity index (χ4n) is 3.59. The first-order chi connectivity index (χ1) is 14.3. The monoisotopic (exact) mass is 385 g/mol. The van der Waals surface area contributed by atoms with Gasteiger partial charge in [-0.15, -0.1) is 0 Å².